The minimum atomic E-state index is -0.389. The lowest BCUT2D eigenvalue weighted by atomic mass is 10.2. The highest BCUT2D eigenvalue weighted by atomic mass is 35.5. The quantitative estimate of drug-likeness (QED) is 0.594. The number of nitrogens with zero attached hydrogens (tertiary/aromatic N) is 2. The molecule has 0 spiro atoms. The van der Waals surface area contributed by atoms with Gasteiger partial charge in [0.05, 0.1) is 20.3 Å². The molecule has 0 saturated heterocycles. The molecule has 132 valence electrons. The van der Waals surface area contributed by atoms with Crippen LogP contribution in [0.25, 0.3) is 10.2 Å². The molecular formula is C18H12Cl2N2O3S. The number of halogens is 2. The zero-order valence-electron chi connectivity index (χ0n) is 13.4. The lowest BCUT2D eigenvalue weighted by molar-refractivity contribution is 0.0997. The fraction of sp³-hybridized carbons (Fsp3) is 0.111. The summed E-state index contributed by atoms with van der Waals surface area (Å²) in [5.74, 6) is 0.760. The van der Waals surface area contributed by atoms with Crippen LogP contribution in [0.1, 0.15) is 10.4 Å². The highest BCUT2D eigenvalue weighted by Crippen LogP contribution is 2.33. The van der Waals surface area contributed by atoms with E-state index in [9.17, 15) is 4.79 Å². The average molecular weight is 407 g/mol. The van der Waals surface area contributed by atoms with Gasteiger partial charge in [-0.3, -0.25) is 4.79 Å². The van der Waals surface area contributed by atoms with Gasteiger partial charge in [-0.25, -0.2) is 0 Å². The van der Waals surface area contributed by atoms with Crippen LogP contribution in [0, 0.1) is 0 Å². The first-order valence-corrected chi connectivity index (χ1v) is 9.22. The van der Waals surface area contributed by atoms with E-state index in [0.29, 0.717) is 38.5 Å². The molecular weight excluding hydrogens is 395 g/mol. The van der Waals surface area contributed by atoms with Crippen LogP contribution in [0.5, 0.6) is 11.5 Å². The van der Waals surface area contributed by atoms with Crippen LogP contribution in [0.3, 0.4) is 0 Å². The molecule has 0 aliphatic carbocycles. The molecule has 0 atom stereocenters. The number of fused-ring (bicyclic) bond motifs is 2. The highest BCUT2D eigenvalue weighted by molar-refractivity contribution is 7.17. The summed E-state index contributed by atoms with van der Waals surface area (Å²) in [6, 6.07) is 8.43. The van der Waals surface area contributed by atoms with E-state index in [1.165, 1.54) is 11.3 Å². The molecule has 0 unspecified atom stereocenters. The molecule has 1 aliphatic rings. The van der Waals surface area contributed by atoms with Gasteiger partial charge in [0.1, 0.15) is 0 Å². The lowest BCUT2D eigenvalue weighted by Crippen LogP contribution is -2.16. The number of amides is 1. The average Bonchev–Trinajstić information content (AvgIpc) is 3.23. The van der Waals surface area contributed by atoms with E-state index < -0.39 is 0 Å². The number of hydrogen-bond donors (Lipinski definition) is 0. The molecule has 4 rings (SSSR count). The van der Waals surface area contributed by atoms with E-state index in [1.54, 1.807) is 36.4 Å². The molecule has 1 aromatic heterocycles. The summed E-state index contributed by atoms with van der Waals surface area (Å²) in [6.45, 7) is 4.36. The SMILES string of the molecule is C=CCn1c(=NC(=O)c2ccc3c(c2)OCO3)sc2c(Cl)ccc(Cl)c21. The van der Waals surface area contributed by atoms with Gasteiger partial charge in [-0.15, -0.1) is 6.58 Å². The van der Waals surface area contributed by atoms with Crippen molar-refractivity contribution in [2.24, 2.45) is 4.99 Å². The van der Waals surface area contributed by atoms with E-state index in [4.69, 9.17) is 32.7 Å². The molecule has 2 heterocycles. The number of thiazole rings is 1. The largest absolute Gasteiger partial charge is 0.454 e. The summed E-state index contributed by atoms with van der Waals surface area (Å²) >= 11 is 13.9. The molecule has 5 nitrogen and oxygen atoms in total. The zero-order chi connectivity index (χ0) is 18.3. The van der Waals surface area contributed by atoms with Crippen LogP contribution in [0.4, 0.5) is 0 Å². The summed E-state index contributed by atoms with van der Waals surface area (Å²) < 4.78 is 13.2. The van der Waals surface area contributed by atoms with Crippen LogP contribution in [0.15, 0.2) is 48.0 Å². The van der Waals surface area contributed by atoms with Crippen molar-refractivity contribution in [1.29, 1.82) is 0 Å². The molecule has 2 aromatic carbocycles. The Labute approximate surface area is 162 Å². The Hall–Kier alpha value is -2.28. The maximum absolute atomic E-state index is 12.7. The van der Waals surface area contributed by atoms with E-state index in [0.717, 1.165) is 10.2 Å². The first kappa shape index (κ1) is 17.1. The van der Waals surface area contributed by atoms with Gasteiger partial charge in [-0.2, -0.15) is 4.99 Å². The maximum Gasteiger partial charge on any atom is 0.279 e. The Morgan fingerprint density at radius 2 is 2.00 bits per heavy atom. The first-order valence-electron chi connectivity index (χ1n) is 7.65. The summed E-state index contributed by atoms with van der Waals surface area (Å²) in [5.41, 5.74) is 1.15. The second-order valence-corrected chi connectivity index (χ2v) is 7.27. The van der Waals surface area contributed by atoms with E-state index >= 15 is 0 Å². The summed E-state index contributed by atoms with van der Waals surface area (Å²) in [5, 5.41) is 1.10. The fourth-order valence-electron chi connectivity index (χ4n) is 2.68. The minimum absolute atomic E-state index is 0.150. The topological polar surface area (TPSA) is 52.8 Å². The molecule has 0 radical (unpaired) electrons. The van der Waals surface area contributed by atoms with Gasteiger partial charge < -0.3 is 14.0 Å². The molecule has 0 bridgehead atoms. The van der Waals surface area contributed by atoms with Crippen molar-refractivity contribution in [1.82, 2.24) is 4.57 Å². The molecule has 1 amide bonds. The summed E-state index contributed by atoms with van der Waals surface area (Å²) in [7, 11) is 0. The number of hydrogen-bond acceptors (Lipinski definition) is 4. The normalized spacial score (nSPS) is 13.4. The third-order valence-corrected chi connectivity index (χ3v) is 5.70. The Balaban J connectivity index is 1.86. The number of aromatic nitrogens is 1. The fourth-order valence-corrected chi connectivity index (χ4v) is 4.33. The third-order valence-electron chi connectivity index (χ3n) is 3.86. The Morgan fingerprint density at radius 1 is 1.23 bits per heavy atom. The second-order valence-electron chi connectivity index (χ2n) is 5.48. The zero-order valence-corrected chi connectivity index (χ0v) is 15.7. The number of allylic oxidation sites excluding steroid dienone is 1. The van der Waals surface area contributed by atoms with Crippen molar-refractivity contribution >= 4 is 50.7 Å². The van der Waals surface area contributed by atoms with Crippen molar-refractivity contribution in [2.75, 3.05) is 6.79 Å². The number of carbonyl (C=O) groups is 1. The smallest absolute Gasteiger partial charge is 0.279 e. The highest BCUT2D eigenvalue weighted by Gasteiger charge is 2.17. The van der Waals surface area contributed by atoms with Gasteiger partial charge in [0.25, 0.3) is 5.91 Å². The Kier molecular flexibility index (Phi) is 4.48. The lowest BCUT2D eigenvalue weighted by Gasteiger charge is -2.03. The van der Waals surface area contributed by atoms with Crippen molar-refractivity contribution in [2.45, 2.75) is 6.54 Å². The number of ether oxygens (including phenoxy) is 2. The van der Waals surface area contributed by atoms with Crippen LogP contribution >= 0.6 is 34.5 Å². The van der Waals surface area contributed by atoms with Gasteiger partial charge in [-0.05, 0) is 30.3 Å². The first-order chi connectivity index (χ1) is 12.6. The predicted molar refractivity (Wildman–Crippen MR) is 102 cm³/mol. The summed E-state index contributed by atoms with van der Waals surface area (Å²) in [4.78, 5) is 17.4. The predicted octanol–water partition coefficient (Wildman–Crippen LogP) is 4.67. The standard InChI is InChI=1S/C18H12Cl2N2O3S/c1-2-7-22-15-11(19)4-5-12(20)16(15)26-18(22)21-17(23)10-3-6-13-14(8-10)25-9-24-13/h2-6,8H,1,7,9H2. The van der Waals surface area contributed by atoms with E-state index in [1.807, 2.05) is 4.57 Å². The van der Waals surface area contributed by atoms with Gasteiger partial charge in [0, 0.05) is 12.1 Å². The molecule has 8 heteroatoms. The van der Waals surface area contributed by atoms with Crippen molar-refractivity contribution in [3.8, 4) is 11.5 Å². The van der Waals surface area contributed by atoms with Crippen molar-refractivity contribution in [3.05, 3.63) is 63.4 Å². The van der Waals surface area contributed by atoms with E-state index in [-0.39, 0.29) is 12.7 Å². The van der Waals surface area contributed by atoms with Crippen LogP contribution in [0.2, 0.25) is 10.0 Å². The van der Waals surface area contributed by atoms with Crippen LogP contribution in [-0.4, -0.2) is 17.3 Å². The third kappa shape index (κ3) is 2.90. The molecule has 0 saturated carbocycles. The summed E-state index contributed by atoms with van der Waals surface area (Å²) in [6.07, 6.45) is 1.72. The Morgan fingerprint density at radius 3 is 2.81 bits per heavy atom. The molecule has 3 aromatic rings. The molecule has 26 heavy (non-hydrogen) atoms. The van der Waals surface area contributed by atoms with E-state index in [2.05, 4.69) is 11.6 Å². The number of benzene rings is 2. The van der Waals surface area contributed by atoms with Gasteiger partial charge in [0.15, 0.2) is 16.3 Å². The maximum atomic E-state index is 12.7. The monoisotopic (exact) mass is 406 g/mol. The van der Waals surface area contributed by atoms with Crippen LogP contribution < -0.4 is 14.3 Å². The molecule has 0 N–H and O–H groups in total. The number of carbonyl (C=O) groups excluding carboxylic acids is 1. The van der Waals surface area contributed by atoms with Crippen LogP contribution in [-0.2, 0) is 6.54 Å². The van der Waals surface area contributed by atoms with Gasteiger partial charge in [-0.1, -0.05) is 40.6 Å². The van der Waals surface area contributed by atoms with Gasteiger partial charge >= 0.3 is 0 Å². The Bertz CT molecular complexity index is 1120. The molecule has 1 aliphatic heterocycles. The minimum Gasteiger partial charge on any atom is -0.454 e. The number of rotatable bonds is 3. The van der Waals surface area contributed by atoms with Crippen molar-refractivity contribution < 1.29 is 14.3 Å². The second kappa shape index (κ2) is 6.79. The van der Waals surface area contributed by atoms with Crippen molar-refractivity contribution in [3.63, 3.8) is 0 Å². The van der Waals surface area contributed by atoms with Gasteiger partial charge in [0.2, 0.25) is 6.79 Å². The molecule has 0 fully saturated rings.